The number of thiazole rings is 1. The van der Waals surface area contributed by atoms with Gasteiger partial charge in [-0.1, -0.05) is 11.3 Å². The Morgan fingerprint density at radius 2 is 1.92 bits per heavy atom. The van der Waals surface area contributed by atoms with Crippen molar-refractivity contribution in [3.8, 4) is 5.75 Å². The van der Waals surface area contributed by atoms with Crippen molar-refractivity contribution in [2.45, 2.75) is 6.54 Å². The van der Waals surface area contributed by atoms with Gasteiger partial charge in [0.1, 0.15) is 11.6 Å². The Hall–Kier alpha value is -2.58. The molecule has 0 N–H and O–H groups in total. The van der Waals surface area contributed by atoms with Crippen molar-refractivity contribution in [1.82, 2.24) is 4.57 Å². The molecule has 136 valence electrons. The van der Waals surface area contributed by atoms with E-state index in [1.165, 1.54) is 24.9 Å². The van der Waals surface area contributed by atoms with Crippen LogP contribution in [0.1, 0.15) is 10.4 Å². The molecule has 8 heteroatoms. The van der Waals surface area contributed by atoms with Crippen LogP contribution in [0.15, 0.2) is 41.4 Å². The van der Waals surface area contributed by atoms with E-state index in [1.54, 1.807) is 24.3 Å². The highest BCUT2D eigenvalue weighted by atomic mass is 32.1. The molecule has 3 aromatic rings. The zero-order chi connectivity index (χ0) is 18.7. The molecule has 2 aromatic carbocycles. The second kappa shape index (κ2) is 7.76. The molecule has 1 heterocycles. The lowest BCUT2D eigenvalue weighted by atomic mass is 10.2. The van der Waals surface area contributed by atoms with Gasteiger partial charge in [-0.3, -0.25) is 4.79 Å². The van der Waals surface area contributed by atoms with E-state index in [2.05, 4.69) is 4.99 Å². The number of benzene rings is 2. The molecule has 1 amide bonds. The molecule has 26 heavy (non-hydrogen) atoms. The average molecular weight is 378 g/mol. The first-order valence-electron chi connectivity index (χ1n) is 7.74. The summed E-state index contributed by atoms with van der Waals surface area (Å²) in [6, 6.07) is 8.54. The molecule has 0 aliphatic carbocycles. The number of ether oxygens (including phenoxy) is 2. The van der Waals surface area contributed by atoms with Crippen molar-refractivity contribution in [3.63, 3.8) is 0 Å². The highest BCUT2D eigenvalue weighted by Crippen LogP contribution is 2.22. The summed E-state index contributed by atoms with van der Waals surface area (Å²) in [5.41, 5.74) is 0.572. The molecule has 1 aromatic heterocycles. The van der Waals surface area contributed by atoms with E-state index in [1.807, 2.05) is 0 Å². The van der Waals surface area contributed by atoms with Crippen molar-refractivity contribution in [1.29, 1.82) is 0 Å². The van der Waals surface area contributed by atoms with Crippen LogP contribution in [-0.4, -0.2) is 31.3 Å². The Balaban J connectivity index is 2.10. The maximum Gasteiger partial charge on any atom is 0.279 e. The van der Waals surface area contributed by atoms with Gasteiger partial charge in [-0.2, -0.15) is 4.99 Å². The van der Waals surface area contributed by atoms with Gasteiger partial charge >= 0.3 is 0 Å². The number of rotatable bonds is 5. The maximum absolute atomic E-state index is 14.3. The zero-order valence-corrected chi connectivity index (χ0v) is 15.0. The first-order valence-corrected chi connectivity index (χ1v) is 8.55. The fourth-order valence-corrected chi connectivity index (χ4v) is 3.58. The van der Waals surface area contributed by atoms with Crippen molar-refractivity contribution in [3.05, 3.63) is 58.4 Å². The summed E-state index contributed by atoms with van der Waals surface area (Å²) in [5.74, 6) is -1.24. The lowest BCUT2D eigenvalue weighted by Crippen LogP contribution is -2.19. The smallest absolute Gasteiger partial charge is 0.279 e. The van der Waals surface area contributed by atoms with E-state index >= 15 is 0 Å². The minimum absolute atomic E-state index is 0.203. The molecule has 0 aliphatic rings. The van der Waals surface area contributed by atoms with E-state index in [4.69, 9.17) is 9.47 Å². The number of halogens is 2. The van der Waals surface area contributed by atoms with Gasteiger partial charge in [-0.15, -0.1) is 0 Å². The number of amides is 1. The fraction of sp³-hybridized carbons (Fsp3) is 0.222. The number of carbonyl (C=O) groups is 1. The quantitative estimate of drug-likeness (QED) is 0.684. The minimum Gasteiger partial charge on any atom is -0.497 e. The third kappa shape index (κ3) is 3.66. The third-order valence-corrected chi connectivity index (χ3v) is 4.77. The number of hydrogen-bond donors (Lipinski definition) is 0. The van der Waals surface area contributed by atoms with Crippen LogP contribution in [0.4, 0.5) is 8.78 Å². The molecule has 3 rings (SSSR count). The molecule has 5 nitrogen and oxygen atoms in total. The van der Waals surface area contributed by atoms with Gasteiger partial charge in [0.05, 0.1) is 23.9 Å². The lowest BCUT2D eigenvalue weighted by molar-refractivity contribution is 0.0997. The van der Waals surface area contributed by atoms with Crippen LogP contribution in [0.25, 0.3) is 10.2 Å². The Labute approximate surface area is 152 Å². The van der Waals surface area contributed by atoms with Crippen molar-refractivity contribution < 1.29 is 23.0 Å². The van der Waals surface area contributed by atoms with Crippen LogP contribution in [0.5, 0.6) is 5.75 Å². The normalized spacial score (nSPS) is 11.9. The number of methoxy groups -OCH3 is 2. The predicted molar refractivity (Wildman–Crippen MR) is 94.5 cm³/mol. The molecule has 0 aliphatic heterocycles. The Morgan fingerprint density at radius 1 is 1.19 bits per heavy atom. The Kier molecular flexibility index (Phi) is 5.43. The first-order chi connectivity index (χ1) is 12.5. The first kappa shape index (κ1) is 18.2. The van der Waals surface area contributed by atoms with Crippen LogP contribution < -0.4 is 9.54 Å². The third-order valence-electron chi connectivity index (χ3n) is 3.75. The van der Waals surface area contributed by atoms with Gasteiger partial charge in [0.2, 0.25) is 0 Å². The molecule has 0 unspecified atom stereocenters. The Bertz CT molecular complexity index is 1010. The number of hydrogen-bond acceptors (Lipinski definition) is 4. The van der Waals surface area contributed by atoms with Gasteiger partial charge in [-0.25, -0.2) is 8.78 Å². The second-order valence-electron chi connectivity index (χ2n) is 5.41. The topological polar surface area (TPSA) is 52.8 Å². The minimum atomic E-state index is -0.703. The highest BCUT2D eigenvalue weighted by Gasteiger charge is 2.14. The standard InChI is InChI=1S/C18H16F2N2O3S/c1-24-8-7-22-16-14(20)9-12(19)10-15(16)26-18(22)21-17(23)11-3-5-13(25-2)6-4-11/h3-6,9-10H,7-8H2,1-2H3. The molecule has 0 bridgehead atoms. The van der Waals surface area contributed by atoms with Gasteiger partial charge in [0.15, 0.2) is 10.6 Å². The van der Waals surface area contributed by atoms with Crippen LogP contribution in [-0.2, 0) is 11.3 Å². The number of aromatic nitrogens is 1. The summed E-state index contributed by atoms with van der Waals surface area (Å²) in [4.78, 5) is 16.8. The molecule has 0 fully saturated rings. The van der Waals surface area contributed by atoms with Crippen molar-refractivity contribution in [2.75, 3.05) is 20.8 Å². The number of fused-ring (bicyclic) bond motifs is 1. The summed E-state index contributed by atoms with van der Waals surface area (Å²) in [6.45, 7) is 0.584. The molecular formula is C18H16F2N2O3S. The SMILES string of the molecule is COCCn1c(=NC(=O)c2ccc(OC)cc2)sc2cc(F)cc(F)c21. The van der Waals surface area contributed by atoms with E-state index < -0.39 is 17.5 Å². The second-order valence-corrected chi connectivity index (χ2v) is 6.42. The van der Waals surface area contributed by atoms with Crippen LogP contribution in [0, 0.1) is 11.6 Å². The number of carbonyl (C=O) groups excluding carboxylic acids is 1. The molecule has 0 saturated carbocycles. The van der Waals surface area contributed by atoms with Crippen LogP contribution >= 0.6 is 11.3 Å². The van der Waals surface area contributed by atoms with Crippen LogP contribution in [0.3, 0.4) is 0 Å². The molecule has 0 spiro atoms. The lowest BCUT2D eigenvalue weighted by Gasteiger charge is -2.05. The summed E-state index contributed by atoms with van der Waals surface area (Å²) in [7, 11) is 3.05. The number of nitrogens with zero attached hydrogens (tertiary/aromatic N) is 2. The Morgan fingerprint density at radius 3 is 2.58 bits per heavy atom. The fourth-order valence-electron chi connectivity index (χ4n) is 2.49. The zero-order valence-electron chi connectivity index (χ0n) is 14.2. The van der Waals surface area contributed by atoms with E-state index in [0.29, 0.717) is 22.6 Å². The van der Waals surface area contributed by atoms with Crippen LogP contribution in [0.2, 0.25) is 0 Å². The predicted octanol–water partition coefficient (Wildman–Crippen LogP) is 3.38. The van der Waals surface area contributed by atoms with Gasteiger partial charge in [0, 0.05) is 25.3 Å². The van der Waals surface area contributed by atoms with E-state index in [0.717, 1.165) is 17.4 Å². The molecule has 0 atom stereocenters. The monoisotopic (exact) mass is 378 g/mol. The van der Waals surface area contributed by atoms with Crippen molar-refractivity contribution in [2.24, 2.45) is 4.99 Å². The summed E-state index contributed by atoms with van der Waals surface area (Å²) < 4.78 is 39.8. The largest absolute Gasteiger partial charge is 0.497 e. The van der Waals surface area contributed by atoms with Gasteiger partial charge in [0.25, 0.3) is 5.91 Å². The molecular weight excluding hydrogens is 362 g/mol. The average Bonchev–Trinajstić information content (AvgIpc) is 2.97. The summed E-state index contributed by atoms with van der Waals surface area (Å²) >= 11 is 1.05. The van der Waals surface area contributed by atoms with E-state index in [-0.39, 0.29) is 16.9 Å². The van der Waals surface area contributed by atoms with Gasteiger partial charge in [-0.05, 0) is 30.3 Å². The molecule has 0 saturated heterocycles. The molecule has 0 radical (unpaired) electrons. The highest BCUT2D eigenvalue weighted by molar-refractivity contribution is 7.16. The maximum atomic E-state index is 14.3. The van der Waals surface area contributed by atoms with E-state index in [9.17, 15) is 13.6 Å². The van der Waals surface area contributed by atoms with Crippen molar-refractivity contribution >= 4 is 27.5 Å². The summed E-state index contributed by atoms with van der Waals surface area (Å²) in [5, 5.41) is 0. The van der Waals surface area contributed by atoms with Gasteiger partial charge < -0.3 is 14.0 Å². The summed E-state index contributed by atoms with van der Waals surface area (Å²) in [6.07, 6.45) is 0.